The maximum absolute atomic E-state index is 4.31. The minimum absolute atomic E-state index is 0.371. The molecule has 0 aliphatic heterocycles. The maximum atomic E-state index is 4.31. The lowest BCUT2D eigenvalue weighted by molar-refractivity contribution is -0.0816. The third-order valence-corrected chi connectivity index (χ3v) is 9.16. The Hall–Kier alpha value is -1.05. The highest BCUT2D eigenvalue weighted by atomic mass is 15.1. The van der Waals surface area contributed by atoms with Gasteiger partial charge in [0, 0.05) is 23.5 Å². The normalized spacial score (nSPS) is 46.6. The lowest BCUT2D eigenvalue weighted by atomic mass is 9.46. The van der Waals surface area contributed by atoms with E-state index in [4.69, 9.17) is 0 Å². The predicted octanol–water partition coefficient (Wildman–Crippen LogP) is 6.16. The van der Waals surface area contributed by atoms with Gasteiger partial charge in [-0.25, -0.2) is 4.98 Å². The molecule has 25 heavy (non-hydrogen) atoms. The summed E-state index contributed by atoms with van der Waals surface area (Å²) in [5.41, 5.74) is 2.55. The molecular weight excluding hydrogens is 304 g/mol. The first kappa shape index (κ1) is 16.1. The van der Waals surface area contributed by atoms with Crippen LogP contribution in [-0.2, 0) is 0 Å². The van der Waals surface area contributed by atoms with Crippen LogP contribution >= 0.6 is 0 Å². The molecule has 0 saturated heterocycles. The summed E-state index contributed by atoms with van der Waals surface area (Å²) >= 11 is 0. The van der Waals surface area contributed by atoms with Crippen LogP contribution in [0.5, 0.6) is 0 Å². The number of allylic oxidation sites excluding steroid dienone is 2. The van der Waals surface area contributed by atoms with E-state index in [1.54, 1.807) is 5.70 Å². The molecule has 0 unspecified atom stereocenters. The monoisotopic (exact) mass is 338 g/mol. The summed E-state index contributed by atoms with van der Waals surface area (Å²) in [6, 6.07) is 0. The summed E-state index contributed by atoms with van der Waals surface area (Å²) in [4.78, 5) is 4.31. The second-order valence-corrected chi connectivity index (χ2v) is 10.0. The number of hydrogen-bond donors (Lipinski definition) is 0. The second kappa shape index (κ2) is 5.72. The minimum atomic E-state index is 0.371. The first-order valence-corrected chi connectivity index (χ1v) is 10.8. The van der Waals surface area contributed by atoms with Crippen LogP contribution in [0.15, 0.2) is 24.8 Å². The van der Waals surface area contributed by atoms with Crippen molar-refractivity contribution in [2.24, 2.45) is 34.5 Å². The van der Waals surface area contributed by atoms with E-state index in [1.807, 2.05) is 12.5 Å². The van der Waals surface area contributed by atoms with Gasteiger partial charge in [0.05, 0.1) is 6.33 Å². The molecule has 136 valence electrons. The van der Waals surface area contributed by atoms with Crippen LogP contribution in [0.1, 0.15) is 78.1 Å². The molecule has 3 saturated carbocycles. The van der Waals surface area contributed by atoms with Gasteiger partial charge in [-0.3, -0.25) is 0 Å². The Morgan fingerprint density at radius 2 is 1.92 bits per heavy atom. The molecule has 0 aromatic carbocycles. The fourth-order valence-electron chi connectivity index (χ4n) is 7.82. The van der Waals surface area contributed by atoms with Crippen LogP contribution in [0.4, 0.5) is 0 Å². The van der Waals surface area contributed by atoms with E-state index in [0.717, 1.165) is 23.7 Å². The zero-order chi connectivity index (χ0) is 17.1. The SMILES string of the molecule is C[C@]12CCCCC[C@@H]1CC[C@@H]1[C@@H]2CC[C@]2(C)C(n3ccnc3)=CC[C@@H]12. The predicted molar refractivity (Wildman–Crippen MR) is 103 cm³/mol. The Morgan fingerprint density at radius 1 is 1.00 bits per heavy atom. The third-order valence-electron chi connectivity index (χ3n) is 9.16. The molecule has 4 aliphatic carbocycles. The molecule has 6 atom stereocenters. The van der Waals surface area contributed by atoms with Gasteiger partial charge in [-0.2, -0.15) is 0 Å². The Kier molecular flexibility index (Phi) is 3.70. The number of imidazole rings is 1. The number of fused-ring (bicyclic) bond motifs is 5. The van der Waals surface area contributed by atoms with Gasteiger partial charge in [0.15, 0.2) is 0 Å². The highest BCUT2D eigenvalue weighted by Crippen LogP contribution is 2.66. The molecule has 2 heteroatoms. The van der Waals surface area contributed by atoms with E-state index in [-0.39, 0.29) is 0 Å². The van der Waals surface area contributed by atoms with Crippen LogP contribution in [0.3, 0.4) is 0 Å². The van der Waals surface area contributed by atoms with E-state index < -0.39 is 0 Å². The lowest BCUT2D eigenvalue weighted by Gasteiger charge is -2.58. The van der Waals surface area contributed by atoms with E-state index in [0.29, 0.717) is 10.8 Å². The molecule has 0 bridgehead atoms. The average molecular weight is 339 g/mol. The van der Waals surface area contributed by atoms with Gasteiger partial charge in [0.25, 0.3) is 0 Å². The summed E-state index contributed by atoms with van der Waals surface area (Å²) in [5.74, 6) is 3.82. The molecule has 1 aromatic heterocycles. The topological polar surface area (TPSA) is 17.8 Å². The molecule has 5 rings (SSSR count). The van der Waals surface area contributed by atoms with Gasteiger partial charge < -0.3 is 4.57 Å². The highest BCUT2D eigenvalue weighted by Gasteiger charge is 2.57. The van der Waals surface area contributed by atoms with Crippen molar-refractivity contribution < 1.29 is 0 Å². The molecule has 3 fully saturated rings. The fraction of sp³-hybridized carbons (Fsp3) is 0.783. The lowest BCUT2D eigenvalue weighted by Crippen LogP contribution is -2.51. The van der Waals surface area contributed by atoms with Crippen LogP contribution < -0.4 is 0 Å². The van der Waals surface area contributed by atoms with Crippen LogP contribution in [0.25, 0.3) is 5.70 Å². The molecule has 0 radical (unpaired) electrons. The molecule has 4 aliphatic rings. The largest absolute Gasteiger partial charge is 0.310 e. The third kappa shape index (κ3) is 2.25. The second-order valence-electron chi connectivity index (χ2n) is 10.0. The molecule has 1 aromatic rings. The van der Waals surface area contributed by atoms with E-state index in [2.05, 4.69) is 35.7 Å². The van der Waals surface area contributed by atoms with Crippen molar-refractivity contribution in [1.82, 2.24) is 9.55 Å². The van der Waals surface area contributed by atoms with Crippen molar-refractivity contribution in [3.63, 3.8) is 0 Å². The summed E-state index contributed by atoms with van der Waals surface area (Å²) in [5, 5.41) is 0. The molecule has 0 N–H and O–H groups in total. The zero-order valence-electron chi connectivity index (χ0n) is 16.1. The van der Waals surface area contributed by atoms with E-state index >= 15 is 0 Å². The van der Waals surface area contributed by atoms with Gasteiger partial charge >= 0.3 is 0 Å². The average Bonchev–Trinajstić information content (AvgIpc) is 3.18. The Labute approximate surface area is 153 Å². The van der Waals surface area contributed by atoms with Gasteiger partial charge in [-0.1, -0.05) is 39.2 Å². The fourth-order valence-corrected chi connectivity index (χ4v) is 7.82. The van der Waals surface area contributed by atoms with Crippen molar-refractivity contribution in [2.45, 2.75) is 78.1 Å². The molecule has 0 spiro atoms. The first-order valence-electron chi connectivity index (χ1n) is 10.8. The molecule has 2 nitrogen and oxygen atoms in total. The summed E-state index contributed by atoms with van der Waals surface area (Å²) in [6.07, 6.45) is 23.2. The van der Waals surface area contributed by atoms with Crippen molar-refractivity contribution in [3.8, 4) is 0 Å². The number of aromatic nitrogens is 2. The quantitative estimate of drug-likeness (QED) is 0.600. The van der Waals surface area contributed by atoms with Gasteiger partial charge in [0.2, 0.25) is 0 Å². The first-order chi connectivity index (χ1) is 12.1. The molecule has 0 amide bonds. The van der Waals surface area contributed by atoms with Crippen molar-refractivity contribution in [1.29, 1.82) is 0 Å². The van der Waals surface area contributed by atoms with Crippen LogP contribution in [0.2, 0.25) is 0 Å². The van der Waals surface area contributed by atoms with Crippen molar-refractivity contribution in [2.75, 3.05) is 0 Å². The highest BCUT2D eigenvalue weighted by molar-refractivity contribution is 5.56. The number of nitrogens with zero attached hydrogens (tertiary/aromatic N) is 2. The summed E-state index contributed by atoms with van der Waals surface area (Å²) in [7, 11) is 0. The standard InChI is InChI=1S/C23H34N2/c1-22-12-5-3-4-6-17(22)7-8-18-19-9-10-21(25-15-14-24-16-25)23(19,2)13-11-20(18)22/h10,14-20H,3-9,11-13H2,1-2H3/t17-,18+,19+,20+,22+,23+/m1/s1. The minimum Gasteiger partial charge on any atom is -0.310 e. The zero-order valence-corrected chi connectivity index (χ0v) is 16.1. The van der Waals surface area contributed by atoms with Gasteiger partial charge in [-0.05, 0) is 74.0 Å². The van der Waals surface area contributed by atoms with Gasteiger partial charge in [0.1, 0.15) is 0 Å². The summed E-state index contributed by atoms with van der Waals surface area (Å²) < 4.78 is 2.30. The van der Waals surface area contributed by atoms with E-state index in [1.165, 1.54) is 64.2 Å². The number of rotatable bonds is 1. The van der Waals surface area contributed by atoms with Crippen molar-refractivity contribution in [3.05, 3.63) is 24.8 Å². The Bertz CT molecular complexity index is 660. The number of hydrogen-bond acceptors (Lipinski definition) is 1. The van der Waals surface area contributed by atoms with Crippen molar-refractivity contribution >= 4 is 5.70 Å². The van der Waals surface area contributed by atoms with Crippen LogP contribution in [0, 0.1) is 34.5 Å². The smallest absolute Gasteiger partial charge is 0.0989 e. The van der Waals surface area contributed by atoms with Gasteiger partial charge in [-0.15, -0.1) is 0 Å². The molecule has 1 heterocycles. The van der Waals surface area contributed by atoms with E-state index in [9.17, 15) is 0 Å². The van der Waals surface area contributed by atoms with Crippen LogP contribution in [-0.4, -0.2) is 9.55 Å². The Balaban J connectivity index is 1.46. The summed E-state index contributed by atoms with van der Waals surface area (Å²) in [6.45, 7) is 5.26. The Morgan fingerprint density at radius 3 is 2.76 bits per heavy atom. The molecular formula is C23H34N2. The maximum Gasteiger partial charge on any atom is 0.0989 e.